The van der Waals surface area contributed by atoms with Crippen molar-refractivity contribution in [1.29, 1.82) is 0 Å². The van der Waals surface area contributed by atoms with Gasteiger partial charge in [-0.2, -0.15) is 0 Å². The molecule has 1 aliphatic heterocycles. The highest BCUT2D eigenvalue weighted by Crippen LogP contribution is 2.38. The predicted molar refractivity (Wildman–Crippen MR) is 86.7 cm³/mol. The normalized spacial score (nSPS) is 14.7. The lowest BCUT2D eigenvalue weighted by Gasteiger charge is -2.17. The lowest BCUT2D eigenvalue weighted by molar-refractivity contribution is -0.138. The molecule has 3 rings (SSSR count). The van der Waals surface area contributed by atoms with Crippen molar-refractivity contribution in [2.24, 2.45) is 0 Å². The van der Waals surface area contributed by atoms with Crippen molar-refractivity contribution < 1.29 is 19.7 Å². The van der Waals surface area contributed by atoms with Crippen molar-refractivity contribution in [2.75, 3.05) is 19.7 Å². The van der Waals surface area contributed by atoms with Crippen LogP contribution in [0.5, 0.6) is 11.5 Å². The topological polar surface area (TPSA) is 70.0 Å². The zero-order valence-electron chi connectivity index (χ0n) is 13.0. The first-order valence-electron chi connectivity index (χ1n) is 7.53. The van der Waals surface area contributed by atoms with Crippen LogP contribution in [0.2, 0.25) is 0 Å². The van der Waals surface area contributed by atoms with Gasteiger partial charge in [0.2, 0.25) is 0 Å². The van der Waals surface area contributed by atoms with Gasteiger partial charge in [0, 0.05) is 18.7 Å². The fraction of sp³-hybridized carbons (Fsp3) is 0.278. The van der Waals surface area contributed by atoms with Gasteiger partial charge in [0.1, 0.15) is 6.61 Å². The van der Waals surface area contributed by atoms with E-state index in [2.05, 4.69) is 0 Å². The van der Waals surface area contributed by atoms with E-state index in [0.717, 1.165) is 22.3 Å². The molecule has 120 valence electrons. The standard InChI is InChI=1S/C18H19NO4/c1-12-4-2-3-5-15(12)13-8-14-10-19(11-17(21)22)6-7-23-18(14)16(20)9-13/h2-5,8-9,20H,6-7,10-11H2,1H3,(H,21,22). The Morgan fingerprint density at radius 2 is 2.09 bits per heavy atom. The first-order valence-corrected chi connectivity index (χ1v) is 7.53. The summed E-state index contributed by atoms with van der Waals surface area (Å²) in [6.45, 7) is 3.29. The Labute approximate surface area is 134 Å². The van der Waals surface area contributed by atoms with Gasteiger partial charge in [0.25, 0.3) is 0 Å². The van der Waals surface area contributed by atoms with Crippen molar-refractivity contribution in [3.63, 3.8) is 0 Å². The number of carbonyl (C=O) groups is 1. The molecule has 0 saturated heterocycles. The number of benzene rings is 2. The molecule has 0 amide bonds. The minimum Gasteiger partial charge on any atom is -0.504 e. The third kappa shape index (κ3) is 3.29. The minimum atomic E-state index is -0.868. The number of carboxylic acid groups (broad SMARTS) is 1. The van der Waals surface area contributed by atoms with Crippen LogP contribution in [0.3, 0.4) is 0 Å². The molecule has 5 heteroatoms. The van der Waals surface area contributed by atoms with Crippen LogP contribution in [0.25, 0.3) is 11.1 Å². The van der Waals surface area contributed by atoms with Crippen LogP contribution in [-0.4, -0.2) is 40.8 Å². The number of fused-ring (bicyclic) bond motifs is 1. The Hall–Kier alpha value is -2.53. The third-order valence-electron chi connectivity index (χ3n) is 4.01. The van der Waals surface area contributed by atoms with Crippen LogP contribution >= 0.6 is 0 Å². The zero-order chi connectivity index (χ0) is 16.4. The number of hydrogen-bond donors (Lipinski definition) is 2. The number of aromatic hydroxyl groups is 1. The van der Waals surface area contributed by atoms with E-state index in [9.17, 15) is 9.90 Å². The highest BCUT2D eigenvalue weighted by atomic mass is 16.5. The fourth-order valence-corrected chi connectivity index (χ4v) is 2.93. The average Bonchev–Trinajstić information content (AvgIpc) is 2.69. The van der Waals surface area contributed by atoms with E-state index < -0.39 is 5.97 Å². The van der Waals surface area contributed by atoms with Crippen LogP contribution in [0, 0.1) is 6.92 Å². The molecule has 1 aliphatic rings. The van der Waals surface area contributed by atoms with Gasteiger partial charge in [-0.25, -0.2) is 0 Å². The maximum Gasteiger partial charge on any atom is 0.317 e. The predicted octanol–water partition coefficient (Wildman–Crippen LogP) is 2.65. The largest absolute Gasteiger partial charge is 0.504 e. The summed E-state index contributed by atoms with van der Waals surface area (Å²) in [6, 6.07) is 11.6. The minimum absolute atomic E-state index is 0.0435. The molecule has 2 aromatic carbocycles. The molecule has 5 nitrogen and oxygen atoms in total. The van der Waals surface area contributed by atoms with E-state index in [0.29, 0.717) is 25.4 Å². The smallest absolute Gasteiger partial charge is 0.317 e. The summed E-state index contributed by atoms with van der Waals surface area (Å²) in [4.78, 5) is 12.8. The number of carboxylic acids is 1. The molecule has 0 aliphatic carbocycles. The van der Waals surface area contributed by atoms with Crippen LogP contribution in [0.15, 0.2) is 36.4 Å². The second-order valence-corrected chi connectivity index (χ2v) is 5.75. The second kappa shape index (κ2) is 6.30. The van der Waals surface area contributed by atoms with E-state index in [4.69, 9.17) is 9.84 Å². The lowest BCUT2D eigenvalue weighted by Crippen LogP contribution is -2.31. The molecular formula is C18H19NO4. The number of phenols is 1. The molecule has 0 atom stereocenters. The van der Waals surface area contributed by atoms with Gasteiger partial charge in [-0.15, -0.1) is 0 Å². The van der Waals surface area contributed by atoms with Gasteiger partial charge in [-0.1, -0.05) is 24.3 Å². The molecule has 2 N–H and O–H groups in total. The summed E-state index contributed by atoms with van der Waals surface area (Å²) in [6.07, 6.45) is 0. The van der Waals surface area contributed by atoms with Crippen LogP contribution in [-0.2, 0) is 11.3 Å². The first-order chi connectivity index (χ1) is 11.0. The molecule has 23 heavy (non-hydrogen) atoms. The monoisotopic (exact) mass is 313 g/mol. The number of rotatable bonds is 3. The number of aryl methyl sites for hydroxylation is 1. The number of ether oxygens (including phenoxy) is 1. The van der Waals surface area contributed by atoms with Gasteiger partial charge in [0.15, 0.2) is 11.5 Å². The maximum atomic E-state index is 11.0. The Bertz CT molecular complexity index is 742. The summed E-state index contributed by atoms with van der Waals surface area (Å²) in [5, 5.41) is 19.3. The summed E-state index contributed by atoms with van der Waals surface area (Å²) in [5.74, 6) is -0.319. The maximum absolute atomic E-state index is 11.0. The molecule has 0 spiro atoms. The van der Waals surface area contributed by atoms with Crippen molar-refractivity contribution >= 4 is 5.97 Å². The highest BCUT2D eigenvalue weighted by Gasteiger charge is 2.21. The van der Waals surface area contributed by atoms with E-state index in [1.165, 1.54) is 0 Å². The number of aliphatic carboxylic acids is 1. The number of hydrogen-bond acceptors (Lipinski definition) is 4. The van der Waals surface area contributed by atoms with Crippen LogP contribution in [0.4, 0.5) is 0 Å². The van der Waals surface area contributed by atoms with Gasteiger partial charge in [0.05, 0.1) is 6.54 Å². The molecule has 2 aromatic rings. The fourth-order valence-electron chi connectivity index (χ4n) is 2.93. The third-order valence-corrected chi connectivity index (χ3v) is 4.01. The average molecular weight is 313 g/mol. The van der Waals surface area contributed by atoms with Crippen molar-refractivity contribution in [2.45, 2.75) is 13.5 Å². The van der Waals surface area contributed by atoms with Crippen molar-refractivity contribution in [3.8, 4) is 22.6 Å². The van der Waals surface area contributed by atoms with Crippen molar-refractivity contribution in [3.05, 3.63) is 47.5 Å². The Balaban J connectivity index is 2.01. The van der Waals surface area contributed by atoms with Gasteiger partial charge >= 0.3 is 5.97 Å². The summed E-state index contributed by atoms with van der Waals surface area (Å²) in [7, 11) is 0. The Morgan fingerprint density at radius 3 is 2.83 bits per heavy atom. The molecule has 0 unspecified atom stereocenters. The zero-order valence-corrected chi connectivity index (χ0v) is 13.0. The quantitative estimate of drug-likeness (QED) is 0.911. The molecule has 1 heterocycles. The molecule has 0 fully saturated rings. The van der Waals surface area contributed by atoms with E-state index in [1.807, 2.05) is 37.3 Å². The summed E-state index contributed by atoms with van der Waals surface area (Å²) < 4.78 is 5.63. The lowest BCUT2D eigenvalue weighted by atomic mass is 9.98. The van der Waals surface area contributed by atoms with Gasteiger partial charge in [-0.3, -0.25) is 9.69 Å². The van der Waals surface area contributed by atoms with Crippen LogP contribution < -0.4 is 4.74 Å². The second-order valence-electron chi connectivity index (χ2n) is 5.75. The number of phenolic OH excluding ortho intramolecular Hbond substituents is 1. The van der Waals surface area contributed by atoms with E-state index >= 15 is 0 Å². The molecule has 0 radical (unpaired) electrons. The van der Waals surface area contributed by atoms with E-state index in [1.54, 1.807) is 11.0 Å². The highest BCUT2D eigenvalue weighted by molar-refractivity contribution is 5.72. The summed E-state index contributed by atoms with van der Waals surface area (Å²) in [5.41, 5.74) is 3.87. The summed E-state index contributed by atoms with van der Waals surface area (Å²) >= 11 is 0. The van der Waals surface area contributed by atoms with E-state index in [-0.39, 0.29) is 12.3 Å². The number of nitrogens with zero attached hydrogens (tertiary/aromatic N) is 1. The van der Waals surface area contributed by atoms with Crippen molar-refractivity contribution in [1.82, 2.24) is 4.90 Å². The first kappa shape index (κ1) is 15.4. The van der Waals surface area contributed by atoms with Gasteiger partial charge in [-0.05, 0) is 35.7 Å². The molecule has 0 aromatic heterocycles. The molecule has 0 saturated carbocycles. The molecular weight excluding hydrogens is 294 g/mol. The Morgan fingerprint density at radius 1 is 1.30 bits per heavy atom. The van der Waals surface area contributed by atoms with Crippen LogP contribution in [0.1, 0.15) is 11.1 Å². The SMILES string of the molecule is Cc1ccccc1-c1cc(O)c2c(c1)CN(CC(=O)O)CCO2. The van der Waals surface area contributed by atoms with Gasteiger partial charge < -0.3 is 14.9 Å². The Kier molecular flexibility index (Phi) is 4.21. The molecule has 0 bridgehead atoms.